The van der Waals surface area contributed by atoms with Gasteiger partial charge in [0.05, 0.1) is 5.02 Å². The van der Waals surface area contributed by atoms with Gasteiger partial charge in [0.2, 0.25) is 0 Å². The highest BCUT2D eigenvalue weighted by Crippen LogP contribution is 2.26. The molecule has 2 N–H and O–H groups in total. The predicted molar refractivity (Wildman–Crippen MR) is 76.8 cm³/mol. The highest BCUT2D eigenvalue weighted by atomic mass is 35.5. The number of ketones is 1. The van der Waals surface area contributed by atoms with Gasteiger partial charge in [-0.05, 0) is 36.4 Å². The minimum absolute atomic E-state index is 0.0336. The Balaban J connectivity index is 2.54. The lowest BCUT2D eigenvalue weighted by molar-refractivity contribution is -0.119. The van der Waals surface area contributed by atoms with E-state index in [-0.39, 0.29) is 22.6 Å². The van der Waals surface area contributed by atoms with Gasteiger partial charge in [0.1, 0.15) is 11.6 Å². The smallest absolute Gasteiger partial charge is 0.145 e. The van der Waals surface area contributed by atoms with Crippen LogP contribution in [-0.2, 0) is 11.2 Å². The van der Waals surface area contributed by atoms with Gasteiger partial charge >= 0.3 is 0 Å². The Morgan fingerprint density at radius 3 is 2.68 bits per heavy atom. The molecule has 2 nitrogen and oxygen atoms in total. The topological polar surface area (TPSA) is 43.1 Å². The molecule has 1 rings (SSSR count). The van der Waals surface area contributed by atoms with Crippen LogP contribution in [0.15, 0.2) is 18.2 Å². The van der Waals surface area contributed by atoms with E-state index in [2.05, 4.69) is 13.8 Å². The summed E-state index contributed by atoms with van der Waals surface area (Å²) in [5, 5.41) is 0.0637. The first-order valence-corrected chi connectivity index (χ1v) is 6.88. The lowest BCUT2D eigenvalue weighted by Gasteiger charge is -2.23. The standard InChI is InChI=1S/C15H21ClFNO/c1-15(2,8-9-18)7-6-12(19)10-11-4-3-5-13(16)14(11)17/h3-5H,6-10,18H2,1-2H3. The molecule has 0 unspecified atom stereocenters. The average Bonchev–Trinajstić information content (AvgIpc) is 2.33. The van der Waals surface area contributed by atoms with E-state index in [4.69, 9.17) is 17.3 Å². The molecule has 0 aliphatic heterocycles. The van der Waals surface area contributed by atoms with Crippen molar-refractivity contribution in [2.24, 2.45) is 11.1 Å². The van der Waals surface area contributed by atoms with Crippen LogP contribution in [0.4, 0.5) is 4.39 Å². The van der Waals surface area contributed by atoms with Gasteiger partial charge in [0.25, 0.3) is 0 Å². The first-order valence-electron chi connectivity index (χ1n) is 6.50. The summed E-state index contributed by atoms with van der Waals surface area (Å²) in [5.74, 6) is -0.454. The minimum Gasteiger partial charge on any atom is -0.330 e. The number of Topliss-reactive ketones (excluding diaryl/α,β-unsaturated/α-hetero) is 1. The molecule has 0 spiro atoms. The quantitative estimate of drug-likeness (QED) is 0.829. The van der Waals surface area contributed by atoms with E-state index in [1.807, 2.05) is 0 Å². The van der Waals surface area contributed by atoms with E-state index < -0.39 is 5.82 Å². The van der Waals surface area contributed by atoms with E-state index >= 15 is 0 Å². The number of rotatable bonds is 7. The van der Waals surface area contributed by atoms with Crippen LogP contribution >= 0.6 is 11.6 Å². The number of nitrogens with two attached hydrogens (primary N) is 1. The Morgan fingerprint density at radius 2 is 2.05 bits per heavy atom. The molecular formula is C15H21ClFNO. The van der Waals surface area contributed by atoms with Crippen molar-refractivity contribution in [2.45, 2.75) is 39.5 Å². The van der Waals surface area contributed by atoms with Crippen molar-refractivity contribution in [3.63, 3.8) is 0 Å². The van der Waals surface area contributed by atoms with Gasteiger partial charge < -0.3 is 5.73 Å². The molecule has 0 aliphatic carbocycles. The second kappa shape index (κ2) is 7.01. The van der Waals surface area contributed by atoms with Gasteiger partial charge in [-0.3, -0.25) is 4.79 Å². The zero-order chi connectivity index (χ0) is 14.5. The summed E-state index contributed by atoms with van der Waals surface area (Å²) in [6, 6.07) is 4.74. The number of halogens is 2. The Bertz CT molecular complexity index is 446. The molecule has 0 aliphatic rings. The van der Waals surface area contributed by atoms with Gasteiger partial charge in [0.15, 0.2) is 0 Å². The monoisotopic (exact) mass is 285 g/mol. The van der Waals surface area contributed by atoms with Crippen LogP contribution < -0.4 is 5.73 Å². The lowest BCUT2D eigenvalue weighted by Crippen LogP contribution is -2.19. The minimum atomic E-state index is -0.487. The molecule has 0 aromatic heterocycles. The van der Waals surface area contributed by atoms with Crippen molar-refractivity contribution in [3.05, 3.63) is 34.6 Å². The maximum atomic E-state index is 13.7. The molecule has 0 radical (unpaired) electrons. The Morgan fingerprint density at radius 1 is 1.37 bits per heavy atom. The van der Waals surface area contributed by atoms with Crippen LogP contribution in [-0.4, -0.2) is 12.3 Å². The van der Waals surface area contributed by atoms with Gasteiger partial charge in [-0.25, -0.2) is 4.39 Å². The SMILES string of the molecule is CC(C)(CCN)CCC(=O)Cc1cccc(Cl)c1F. The van der Waals surface area contributed by atoms with E-state index in [9.17, 15) is 9.18 Å². The Hall–Kier alpha value is -0.930. The van der Waals surface area contributed by atoms with E-state index in [1.165, 1.54) is 6.07 Å². The van der Waals surface area contributed by atoms with Crippen molar-refractivity contribution in [3.8, 4) is 0 Å². The zero-order valence-electron chi connectivity index (χ0n) is 11.5. The fourth-order valence-corrected chi connectivity index (χ4v) is 2.17. The van der Waals surface area contributed by atoms with Crippen LogP contribution in [0, 0.1) is 11.2 Å². The van der Waals surface area contributed by atoms with Crippen LogP contribution in [0.5, 0.6) is 0 Å². The van der Waals surface area contributed by atoms with Crippen molar-refractivity contribution in [2.75, 3.05) is 6.54 Å². The maximum absolute atomic E-state index is 13.7. The van der Waals surface area contributed by atoms with Gasteiger partial charge in [-0.1, -0.05) is 37.6 Å². The summed E-state index contributed by atoms with van der Waals surface area (Å²) in [5.41, 5.74) is 5.95. The van der Waals surface area contributed by atoms with Crippen LogP contribution in [0.25, 0.3) is 0 Å². The van der Waals surface area contributed by atoms with Gasteiger partial charge in [-0.2, -0.15) is 0 Å². The molecule has 0 saturated heterocycles. The maximum Gasteiger partial charge on any atom is 0.145 e. The second-order valence-corrected chi connectivity index (χ2v) is 6.04. The first-order chi connectivity index (χ1) is 8.85. The average molecular weight is 286 g/mol. The molecule has 0 atom stereocenters. The summed E-state index contributed by atoms with van der Waals surface area (Å²) < 4.78 is 13.7. The molecule has 106 valence electrons. The van der Waals surface area contributed by atoms with Crippen molar-refractivity contribution in [1.29, 1.82) is 0 Å². The molecule has 0 heterocycles. The predicted octanol–water partition coefficient (Wildman–Crippen LogP) is 3.75. The van der Waals surface area contributed by atoms with Gasteiger partial charge in [0, 0.05) is 12.8 Å². The second-order valence-electron chi connectivity index (χ2n) is 5.63. The molecule has 0 amide bonds. The third-order valence-electron chi connectivity index (χ3n) is 3.32. The van der Waals surface area contributed by atoms with Crippen LogP contribution in [0.1, 0.15) is 38.7 Å². The summed E-state index contributed by atoms with van der Waals surface area (Å²) >= 11 is 5.69. The van der Waals surface area contributed by atoms with Crippen LogP contribution in [0.3, 0.4) is 0 Å². The van der Waals surface area contributed by atoms with Crippen molar-refractivity contribution >= 4 is 17.4 Å². The fourth-order valence-electron chi connectivity index (χ4n) is 1.98. The molecule has 1 aromatic rings. The molecule has 4 heteroatoms. The summed E-state index contributed by atoms with van der Waals surface area (Å²) in [4.78, 5) is 11.9. The molecule has 0 saturated carbocycles. The molecule has 19 heavy (non-hydrogen) atoms. The van der Waals surface area contributed by atoms with Gasteiger partial charge in [-0.15, -0.1) is 0 Å². The van der Waals surface area contributed by atoms with E-state index in [1.54, 1.807) is 12.1 Å². The number of benzene rings is 1. The lowest BCUT2D eigenvalue weighted by atomic mass is 9.83. The number of hydrogen-bond donors (Lipinski definition) is 1. The zero-order valence-corrected chi connectivity index (χ0v) is 12.3. The van der Waals surface area contributed by atoms with E-state index in [0.29, 0.717) is 18.5 Å². The first kappa shape index (κ1) is 16.1. The molecular weight excluding hydrogens is 265 g/mol. The largest absolute Gasteiger partial charge is 0.330 e. The molecule has 0 bridgehead atoms. The number of carbonyl (C=O) groups is 1. The molecule has 0 fully saturated rings. The summed E-state index contributed by atoms with van der Waals surface area (Å²) in [7, 11) is 0. The number of hydrogen-bond acceptors (Lipinski definition) is 2. The summed E-state index contributed by atoms with van der Waals surface area (Å²) in [6.07, 6.45) is 2.20. The normalized spacial score (nSPS) is 11.6. The third kappa shape index (κ3) is 5.29. The van der Waals surface area contributed by atoms with Crippen molar-refractivity contribution < 1.29 is 9.18 Å². The van der Waals surface area contributed by atoms with E-state index in [0.717, 1.165) is 12.8 Å². The highest BCUT2D eigenvalue weighted by Gasteiger charge is 2.19. The molecule has 1 aromatic carbocycles. The third-order valence-corrected chi connectivity index (χ3v) is 3.61. The van der Waals surface area contributed by atoms with Crippen molar-refractivity contribution in [1.82, 2.24) is 0 Å². The highest BCUT2D eigenvalue weighted by molar-refractivity contribution is 6.30. The Kier molecular flexibility index (Phi) is 5.95. The Labute approximate surface area is 119 Å². The fraction of sp³-hybridized carbons (Fsp3) is 0.533. The van der Waals surface area contributed by atoms with Crippen LogP contribution in [0.2, 0.25) is 5.02 Å². The summed E-state index contributed by atoms with van der Waals surface area (Å²) in [6.45, 7) is 4.80. The number of carbonyl (C=O) groups excluding carboxylic acids is 1.